The number of benzene rings is 2. The fraction of sp³-hybridized carbons (Fsp3) is 0.250. The summed E-state index contributed by atoms with van der Waals surface area (Å²) in [4.78, 5) is 25.9. The van der Waals surface area contributed by atoms with Gasteiger partial charge in [0.25, 0.3) is 5.91 Å². The molecule has 0 aliphatic carbocycles. The maximum absolute atomic E-state index is 12.8. The molecule has 0 saturated heterocycles. The lowest BCUT2D eigenvalue weighted by Gasteiger charge is -2.17. The lowest BCUT2D eigenvalue weighted by atomic mass is 10.2. The highest BCUT2D eigenvalue weighted by molar-refractivity contribution is 7.12. The lowest BCUT2D eigenvalue weighted by Crippen LogP contribution is -2.17. The zero-order valence-corrected chi connectivity index (χ0v) is 19.7. The molecule has 9 nitrogen and oxygen atoms in total. The van der Waals surface area contributed by atoms with E-state index in [-0.39, 0.29) is 18.2 Å². The summed E-state index contributed by atoms with van der Waals surface area (Å²) in [5, 5.41) is 15.8. The Morgan fingerprint density at radius 1 is 0.971 bits per heavy atom. The number of thiophene rings is 1. The van der Waals surface area contributed by atoms with Crippen LogP contribution in [-0.2, 0) is 11.3 Å². The van der Waals surface area contributed by atoms with Crippen LogP contribution in [0.5, 0.6) is 11.5 Å². The van der Waals surface area contributed by atoms with Gasteiger partial charge in [0.2, 0.25) is 5.91 Å². The minimum absolute atomic E-state index is 0.194. The molecule has 4 rings (SSSR count). The van der Waals surface area contributed by atoms with Gasteiger partial charge in [-0.05, 0) is 37.4 Å². The minimum atomic E-state index is -0.241. The van der Waals surface area contributed by atoms with Crippen LogP contribution in [0.3, 0.4) is 0 Å². The van der Waals surface area contributed by atoms with Crippen molar-refractivity contribution in [2.24, 2.45) is 0 Å². The average molecular weight is 480 g/mol. The van der Waals surface area contributed by atoms with Crippen LogP contribution in [0, 0.1) is 0 Å². The van der Waals surface area contributed by atoms with Gasteiger partial charge in [-0.2, -0.15) is 0 Å². The number of rotatable bonds is 10. The topological polar surface area (TPSA) is 107 Å². The molecule has 0 spiro atoms. The second kappa shape index (κ2) is 10.8. The molecule has 0 fully saturated rings. The number of hydrogen-bond donors (Lipinski definition) is 2. The molecule has 2 aromatic carbocycles. The molecule has 0 unspecified atom stereocenters. The number of nitrogens with one attached hydrogen (secondary N) is 2. The maximum atomic E-state index is 12.8. The molecule has 0 aliphatic rings. The molecular weight excluding hydrogens is 454 g/mol. The smallest absolute Gasteiger partial charge is 0.265 e. The summed E-state index contributed by atoms with van der Waals surface area (Å²) < 4.78 is 13.2. The summed E-state index contributed by atoms with van der Waals surface area (Å²) in [6.45, 7) is 4.86. The number of anilines is 2. The number of carbonyl (C=O) groups excluding carboxylic acids is 2. The number of amides is 2. The number of fused-ring (bicyclic) bond motifs is 1. The number of hydrogen-bond acceptors (Lipinski definition) is 7. The number of aromatic nitrogens is 3. The molecule has 10 heteroatoms. The van der Waals surface area contributed by atoms with Crippen molar-refractivity contribution in [3.63, 3.8) is 0 Å². The van der Waals surface area contributed by atoms with E-state index in [4.69, 9.17) is 9.47 Å². The highest BCUT2D eigenvalue weighted by Crippen LogP contribution is 2.37. The van der Waals surface area contributed by atoms with E-state index in [9.17, 15) is 9.59 Å². The molecule has 176 valence electrons. The number of aryl methyl sites for hydroxylation is 1. The summed E-state index contributed by atoms with van der Waals surface area (Å²) in [5.41, 5.74) is 2.58. The van der Waals surface area contributed by atoms with Gasteiger partial charge in [0, 0.05) is 18.6 Å². The second-order valence-corrected chi connectivity index (χ2v) is 8.19. The first-order valence-corrected chi connectivity index (χ1v) is 11.8. The predicted octanol–water partition coefficient (Wildman–Crippen LogP) is 4.57. The molecule has 0 bridgehead atoms. The van der Waals surface area contributed by atoms with E-state index in [2.05, 4.69) is 20.9 Å². The third kappa shape index (κ3) is 5.34. The molecule has 2 amide bonds. The van der Waals surface area contributed by atoms with Crippen molar-refractivity contribution in [1.82, 2.24) is 15.0 Å². The highest BCUT2D eigenvalue weighted by atomic mass is 32.1. The van der Waals surface area contributed by atoms with Crippen molar-refractivity contribution < 1.29 is 19.1 Å². The van der Waals surface area contributed by atoms with Gasteiger partial charge in [-0.3, -0.25) is 9.59 Å². The average Bonchev–Trinajstić information content (AvgIpc) is 3.51. The van der Waals surface area contributed by atoms with Crippen LogP contribution in [0.25, 0.3) is 11.0 Å². The van der Waals surface area contributed by atoms with E-state index in [1.807, 2.05) is 49.6 Å². The van der Waals surface area contributed by atoms with E-state index in [1.54, 1.807) is 22.9 Å². The molecule has 0 saturated carbocycles. The molecular formula is C24H25N5O4S. The van der Waals surface area contributed by atoms with E-state index >= 15 is 0 Å². The van der Waals surface area contributed by atoms with Gasteiger partial charge in [0.05, 0.1) is 41.5 Å². The van der Waals surface area contributed by atoms with Crippen LogP contribution in [-0.4, -0.2) is 40.0 Å². The highest BCUT2D eigenvalue weighted by Gasteiger charge is 2.17. The summed E-state index contributed by atoms with van der Waals surface area (Å²) in [6, 6.07) is 14.5. The molecule has 0 radical (unpaired) electrons. The van der Waals surface area contributed by atoms with Crippen molar-refractivity contribution in [3.8, 4) is 11.5 Å². The molecule has 4 aromatic rings. The van der Waals surface area contributed by atoms with Crippen LogP contribution in [0.4, 0.5) is 11.4 Å². The number of carbonyl (C=O) groups is 2. The molecule has 2 aromatic heterocycles. The Kier molecular flexibility index (Phi) is 7.38. The lowest BCUT2D eigenvalue weighted by molar-refractivity contribution is -0.116. The van der Waals surface area contributed by atoms with Crippen LogP contribution in [0.1, 0.15) is 29.9 Å². The predicted molar refractivity (Wildman–Crippen MR) is 132 cm³/mol. The van der Waals surface area contributed by atoms with Gasteiger partial charge in [-0.15, -0.1) is 16.4 Å². The minimum Gasteiger partial charge on any atom is -0.492 e. The first-order valence-electron chi connectivity index (χ1n) is 11.0. The first kappa shape index (κ1) is 23.2. The molecule has 34 heavy (non-hydrogen) atoms. The maximum Gasteiger partial charge on any atom is 0.265 e. The molecule has 2 heterocycles. The Balaban J connectivity index is 1.51. The van der Waals surface area contributed by atoms with E-state index in [0.29, 0.717) is 47.5 Å². The van der Waals surface area contributed by atoms with Gasteiger partial charge in [0.15, 0.2) is 0 Å². The number of nitrogens with zero attached hydrogens (tertiary/aromatic N) is 3. The summed E-state index contributed by atoms with van der Waals surface area (Å²) in [7, 11) is 0. The molecule has 0 aliphatic heterocycles. The Labute approximate surface area is 200 Å². The van der Waals surface area contributed by atoms with Crippen molar-refractivity contribution in [2.45, 2.75) is 26.8 Å². The van der Waals surface area contributed by atoms with Crippen LogP contribution >= 0.6 is 11.3 Å². The van der Waals surface area contributed by atoms with Crippen LogP contribution in [0.15, 0.2) is 53.9 Å². The normalized spacial score (nSPS) is 10.8. The quantitative estimate of drug-likeness (QED) is 0.345. The number of para-hydroxylation sites is 1. The zero-order chi connectivity index (χ0) is 23.9. The van der Waals surface area contributed by atoms with Gasteiger partial charge in [-0.25, -0.2) is 4.68 Å². The third-order valence-electron chi connectivity index (χ3n) is 4.92. The first-order chi connectivity index (χ1) is 16.6. The Bertz CT molecular complexity index is 1290. The molecule has 0 atom stereocenters. The van der Waals surface area contributed by atoms with Crippen molar-refractivity contribution >= 4 is 45.6 Å². The Morgan fingerprint density at radius 2 is 1.68 bits per heavy atom. The second-order valence-electron chi connectivity index (χ2n) is 7.24. The van der Waals surface area contributed by atoms with Gasteiger partial charge in [0.1, 0.15) is 17.0 Å². The summed E-state index contributed by atoms with van der Waals surface area (Å²) in [5.74, 6) is 0.425. The van der Waals surface area contributed by atoms with Gasteiger partial charge in [-0.1, -0.05) is 23.4 Å². The summed E-state index contributed by atoms with van der Waals surface area (Å²) >= 11 is 1.35. The van der Waals surface area contributed by atoms with Crippen molar-refractivity contribution in [1.29, 1.82) is 0 Å². The van der Waals surface area contributed by atoms with Crippen molar-refractivity contribution in [3.05, 3.63) is 58.8 Å². The largest absolute Gasteiger partial charge is 0.492 e. The Hall–Kier alpha value is -3.92. The van der Waals surface area contributed by atoms with E-state index < -0.39 is 0 Å². The standard InChI is InChI=1S/C24H25N5O4S/c1-3-32-20-15-18(26-24(31)22-10-7-13-34-22)21(33-4-2)14-17(20)25-23(30)11-12-29-19-9-6-5-8-16(19)27-28-29/h5-10,13-15H,3-4,11-12H2,1-2H3,(H,25,30)(H,26,31). The van der Waals surface area contributed by atoms with E-state index in [1.165, 1.54) is 11.3 Å². The van der Waals surface area contributed by atoms with Gasteiger partial charge >= 0.3 is 0 Å². The monoisotopic (exact) mass is 479 g/mol. The van der Waals surface area contributed by atoms with Crippen LogP contribution in [0.2, 0.25) is 0 Å². The third-order valence-corrected chi connectivity index (χ3v) is 5.79. The van der Waals surface area contributed by atoms with E-state index in [0.717, 1.165) is 11.0 Å². The number of ether oxygens (including phenoxy) is 2. The fourth-order valence-electron chi connectivity index (χ4n) is 3.40. The SMILES string of the molecule is CCOc1cc(NC(=O)c2cccs2)c(OCC)cc1NC(=O)CCn1nnc2ccccc21. The summed E-state index contributed by atoms with van der Waals surface area (Å²) in [6.07, 6.45) is 0.194. The fourth-order valence-corrected chi connectivity index (χ4v) is 4.02. The Morgan fingerprint density at radius 3 is 2.35 bits per heavy atom. The van der Waals surface area contributed by atoms with Crippen LogP contribution < -0.4 is 20.1 Å². The van der Waals surface area contributed by atoms with Crippen molar-refractivity contribution in [2.75, 3.05) is 23.8 Å². The molecule has 2 N–H and O–H groups in total. The zero-order valence-electron chi connectivity index (χ0n) is 18.9. The van der Waals surface area contributed by atoms with Gasteiger partial charge < -0.3 is 20.1 Å².